The number of nitrogens with one attached hydrogen (secondary N) is 1. The van der Waals surface area contributed by atoms with E-state index in [2.05, 4.69) is 29.3 Å². The number of anilines is 1. The van der Waals surface area contributed by atoms with Crippen LogP contribution in [0.3, 0.4) is 0 Å². The lowest BCUT2D eigenvalue weighted by molar-refractivity contribution is 0.0286. The Bertz CT molecular complexity index is 1200. The number of nitrogens with zero attached hydrogens (tertiary/aromatic N) is 3. The molecule has 6 rings (SSSR count). The van der Waals surface area contributed by atoms with E-state index in [4.69, 9.17) is 0 Å². The molecule has 0 spiro atoms. The second-order valence-corrected chi connectivity index (χ2v) is 11.3. The zero-order valence-electron chi connectivity index (χ0n) is 22.1. The summed E-state index contributed by atoms with van der Waals surface area (Å²) in [7, 11) is 0. The number of carbonyl (C=O) groups excluding carboxylic acids is 2. The number of β-amino-alcohol motifs (C(OH)–C–C–N with tert-alkyl or cyclic N) is 1. The van der Waals surface area contributed by atoms with Crippen molar-refractivity contribution >= 4 is 17.5 Å². The van der Waals surface area contributed by atoms with Crippen LogP contribution in [0.15, 0.2) is 42.5 Å². The Morgan fingerprint density at radius 1 is 1.05 bits per heavy atom. The largest absolute Gasteiger partial charge is 0.393 e. The van der Waals surface area contributed by atoms with E-state index in [1.165, 1.54) is 11.1 Å². The van der Waals surface area contributed by atoms with Gasteiger partial charge in [-0.25, -0.2) is 0 Å². The van der Waals surface area contributed by atoms with Crippen LogP contribution in [-0.4, -0.2) is 88.3 Å². The van der Waals surface area contributed by atoms with Crippen LogP contribution in [-0.2, 0) is 13.0 Å². The van der Waals surface area contributed by atoms with Crippen LogP contribution in [0.1, 0.15) is 64.4 Å². The highest BCUT2D eigenvalue weighted by Crippen LogP contribution is 2.37. The molecule has 4 heterocycles. The molecule has 0 radical (unpaired) electrons. The van der Waals surface area contributed by atoms with E-state index in [0.717, 1.165) is 31.5 Å². The minimum Gasteiger partial charge on any atom is -0.393 e. The Morgan fingerprint density at radius 3 is 2.50 bits per heavy atom. The van der Waals surface area contributed by atoms with Crippen molar-refractivity contribution in [1.82, 2.24) is 15.1 Å². The molecule has 0 aromatic heterocycles. The highest BCUT2D eigenvalue weighted by Gasteiger charge is 2.43. The van der Waals surface area contributed by atoms with Gasteiger partial charge >= 0.3 is 0 Å². The molecule has 38 heavy (non-hydrogen) atoms. The SMILES string of the molecule is CCN1CCN(CC(O)[C@@H]2Cc3ccccc3CN2)C(=O)c2ccc(C(=O)N3C4CCC3CC(O)C4)cc21. The number of aliphatic hydroxyl groups excluding tert-OH is 2. The van der Waals surface area contributed by atoms with Crippen molar-refractivity contribution in [2.75, 3.05) is 31.1 Å². The predicted molar refractivity (Wildman–Crippen MR) is 145 cm³/mol. The number of benzene rings is 2. The van der Waals surface area contributed by atoms with Crippen molar-refractivity contribution < 1.29 is 19.8 Å². The molecule has 4 atom stereocenters. The summed E-state index contributed by atoms with van der Waals surface area (Å²) in [6, 6.07) is 13.8. The topological polar surface area (TPSA) is 96.3 Å². The molecule has 202 valence electrons. The van der Waals surface area contributed by atoms with Gasteiger partial charge in [-0.1, -0.05) is 24.3 Å². The number of piperidine rings is 1. The lowest BCUT2D eigenvalue weighted by atomic mass is 9.92. The maximum atomic E-state index is 13.7. The summed E-state index contributed by atoms with van der Waals surface area (Å²) in [5, 5.41) is 24.7. The standard InChI is InChI=1S/C30H38N4O4/c1-2-32-11-12-33(18-28(36)26-13-19-5-3-4-6-21(19)17-31-26)30(38)25-10-7-20(14-27(25)32)29(37)34-22-8-9-23(34)16-24(35)15-22/h3-7,10,14,22-24,26,28,31,35-36H,2,8-9,11-13,15-18H2,1H3/t22?,23?,24?,26-,28?/m0/s1. The van der Waals surface area contributed by atoms with Crippen molar-refractivity contribution in [2.24, 2.45) is 0 Å². The van der Waals surface area contributed by atoms with E-state index in [-0.39, 0.29) is 42.6 Å². The number of rotatable bonds is 5. The van der Waals surface area contributed by atoms with Crippen LogP contribution in [0.5, 0.6) is 0 Å². The molecule has 2 bridgehead atoms. The van der Waals surface area contributed by atoms with Crippen LogP contribution >= 0.6 is 0 Å². The molecular weight excluding hydrogens is 480 g/mol. The van der Waals surface area contributed by atoms with Gasteiger partial charge in [0.05, 0.1) is 23.5 Å². The smallest absolute Gasteiger partial charge is 0.256 e. The summed E-state index contributed by atoms with van der Waals surface area (Å²) in [5.41, 5.74) is 4.46. The monoisotopic (exact) mass is 518 g/mol. The van der Waals surface area contributed by atoms with Crippen LogP contribution < -0.4 is 10.2 Å². The minimum absolute atomic E-state index is 0.00381. The second-order valence-electron chi connectivity index (χ2n) is 11.3. The Balaban J connectivity index is 1.20. The summed E-state index contributed by atoms with van der Waals surface area (Å²) in [5.74, 6) is -0.109. The summed E-state index contributed by atoms with van der Waals surface area (Å²) >= 11 is 0. The number of likely N-dealkylation sites (N-methyl/N-ethyl adjacent to an activating group) is 1. The lowest BCUT2D eigenvalue weighted by Gasteiger charge is -2.37. The van der Waals surface area contributed by atoms with Gasteiger partial charge < -0.3 is 30.2 Å². The van der Waals surface area contributed by atoms with Crippen LogP contribution in [0.2, 0.25) is 0 Å². The molecule has 2 amide bonds. The first-order valence-corrected chi connectivity index (χ1v) is 14.1. The third-order valence-corrected chi connectivity index (χ3v) is 9.05. The zero-order valence-corrected chi connectivity index (χ0v) is 22.1. The first-order chi connectivity index (χ1) is 18.4. The van der Waals surface area contributed by atoms with E-state index in [9.17, 15) is 19.8 Å². The summed E-state index contributed by atoms with van der Waals surface area (Å²) in [4.78, 5) is 33.2. The van der Waals surface area contributed by atoms with Gasteiger partial charge in [0.25, 0.3) is 11.8 Å². The molecule has 3 unspecified atom stereocenters. The van der Waals surface area contributed by atoms with Gasteiger partial charge in [-0.05, 0) is 68.4 Å². The van der Waals surface area contributed by atoms with Crippen LogP contribution in [0.25, 0.3) is 0 Å². The summed E-state index contributed by atoms with van der Waals surface area (Å²) < 4.78 is 0. The van der Waals surface area contributed by atoms with Gasteiger partial charge in [-0.3, -0.25) is 9.59 Å². The fourth-order valence-electron chi connectivity index (χ4n) is 6.98. The molecule has 2 aromatic rings. The molecule has 2 aromatic carbocycles. The molecule has 0 saturated carbocycles. The number of hydrogen-bond acceptors (Lipinski definition) is 6. The number of aliphatic hydroxyl groups is 2. The Kier molecular flexibility index (Phi) is 6.88. The molecule has 2 saturated heterocycles. The van der Waals surface area contributed by atoms with Crippen LogP contribution in [0.4, 0.5) is 5.69 Å². The first kappa shape index (κ1) is 25.3. The van der Waals surface area contributed by atoms with Gasteiger partial charge in [-0.15, -0.1) is 0 Å². The molecule has 0 aliphatic carbocycles. The molecule has 4 aliphatic rings. The van der Waals surface area contributed by atoms with E-state index in [1.807, 2.05) is 23.1 Å². The molecule has 8 nitrogen and oxygen atoms in total. The van der Waals surface area contributed by atoms with Gasteiger partial charge in [0, 0.05) is 56.4 Å². The fraction of sp³-hybridized carbons (Fsp3) is 0.533. The number of amides is 2. The summed E-state index contributed by atoms with van der Waals surface area (Å²) in [6.07, 6.45) is 2.90. The Morgan fingerprint density at radius 2 is 1.76 bits per heavy atom. The van der Waals surface area contributed by atoms with Crippen molar-refractivity contribution in [2.45, 2.75) is 75.9 Å². The molecule has 3 N–H and O–H groups in total. The highest BCUT2D eigenvalue weighted by molar-refractivity contribution is 6.03. The van der Waals surface area contributed by atoms with E-state index < -0.39 is 6.10 Å². The maximum absolute atomic E-state index is 13.7. The van der Waals surface area contributed by atoms with Crippen molar-refractivity contribution in [3.05, 3.63) is 64.7 Å². The van der Waals surface area contributed by atoms with Crippen molar-refractivity contribution in [3.8, 4) is 0 Å². The zero-order chi connectivity index (χ0) is 26.4. The van der Waals surface area contributed by atoms with Gasteiger partial charge in [0.15, 0.2) is 0 Å². The van der Waals surface area contributed by atoms with Gasteiger partial charge in [0.1, 0.15) is 0 Å². The van der Waals surface area contributed by atoms with Crippen molar-refractivity contribution in [1.29, 1.82) is 0 Å². The van der Waals surface area contributed by atoms with E-state index in [1.54, 1.807) is 17.0 Å². The maximum Gasteiger partial charge on any atom is 0.256 e. The lowest BCUT2D eigenvalue weighted by Crippen LogP contribution is -2.50. The molecule has 4 aliphatic heterocycles. The molecule has 8 heteroatoms. The normalized spacial score (nSPS) is 27.6. The average molecular weight is 519 g/mol. The fourth-order valence-corrected chi connectivity index (χ4v) is 6.98. The number of fused-ring (bicyclic) bond motifs is 4. The number of carbonyl (C=O) groups is 2. The quantitative estimate of drug-likeness (QED) is 0.562. The first-order valence-electron chi connectivity index (χ1n) is 14.1. The molecule has 2 fully saturated rings. The molecular formula is C30H38N4O4. The van der Waals surface area contributed by atoms with Crippen LogP contribution in [0, 0.1) is 0 Å². The third kappa shape index (κ3) is 4.59. The summed E-state index contributed by atoms with van der Waals surface area (Å²) in [6.45, 7) is 4.91. The van der Waals surface area contributed by atoms with Gasteiger partial charge in [-0.2, -0.15) is 0 Å². The highest BCUT2D eigenvalue weighted by atomic mass is 16.3. The minimum atomic E-state index is -0.685. The van der Waals surface area contributed by atoms with Gasteiger partial charge in [0.2, 0.25) is 0 Å². The van der Waals surface area contributed by atoms with E-state index in [0.29, 0.717) is 43.6 Å². The Hall–Kier alpha value is -2.94. The average Bonchev–Trinajstić information content (AvgIpc) is 3.13. The third-order valence-electron chi connectivity index (χ3n) is 9.05. The second kappa shape index (κ2) is 10.3. The van der Waals surface area contributed by atoms with E-state index >= 15 is 0 Å². The van der Waals surface area contributed by atoms with Crippen molar-refractivity contribution in [3.63, 3.8) is 0 Å². The predicted octanol–water partition coefficient (Wildman–Crippen LogP) is 2.17. The Labute approximate surface area is 224 Å². The number of hydrogen-bond donors (Lipinski definition) is 3.